The summed E-state index contributed by atoms with van der Waals surface area (Å²) in [6, 6.07) is 0.745. The van der Waals surface area contributed by atoms with Gasteiger partial charge in [-0.2, -0.15) is 0 Å². The van der Waals surface area contributed by atoms with Gasteiger partial charge in [0.05, 0.1) is 6.61 Å². The van der Waals surface area contributed by atoms with E-state index in [2.05, 4.69) is 9.80 Å². The van der Waals surface area contributed by atoms with Crippen LogP contribution in [0.1, 0.15) is 12.8 Å². The van der Waals surface area contributed by atoms with E-state index in [9.17, 15) is 0 Å². The SMILES string of the molecule is OCCN1CCN(C2CCOCC2)CC1. The number of nitrogens with zero attached hydrogens (tertiary/aromatic N) is 2. The number of aliphatic hydroxyl groups is 1. The van der Waals surface area contributed by atoms with Crippen LogP contribution in [0.25, 0.3) is 0 Å². The van der Waals surface area contributed by atoms with E-state index >= 15 is 0 Å². The molecule has 2 fully saturated rings. The first-order valence-corrected chi connectivity index (χ1v) is 6.05. The van der Waals surface area contributed by atoms with Gasteiger partial charge in [-0.1, -0.05) is 0 Å². The highest BCUT2D eigenvalue weighted by Gasteiger charge is 2.24. The predicted octanol–water partition coefficient (Wildman–Crippen LogP) is -0.225. The molecule has 2 aliphatic heterocycles. The number of β-amino-alcohol motifs (C(OH)–C–C–N with tert-alkyl or cyclic N) is 1. The van der Waals surface area contributed by atoms with Crippen molar-refractivity contribution in [3.05, 3.63) is 0 Å². The molecule has 1 N–H and O–H groups in total. The molecule has 0 radical (unpaired) electrons. The third-order valence-corrected chi connectivity index (χ3v) is 3.53. The normalized spacial score (nSPS) is 27.0. The van der Waals surface area contributed by atoms with Crippen LogP contribution in [0.5, 0.6) is 0 Å². The lowest BCUT2D eigenvalue weighted by molar-refractivity contribution is 0.0117. The lowest BCUT2D eigenvalue weighted by Crippen LogP contribution is -2.52. The maximum Gasteiger partial charge on any atom is 0.0558 e. The first-order valence-electron chi connectivity index (χ1n) is 6.05. The molecule has 0 aromatic rings. The highest BCUT2D eigenvalue weighted by Crippen LogP contribution is 2.16. The number of hydrogen-bond acceptors (Lipinski definition) is 4. The highest BCUT2D eigenvalue weighted by atomic mass is 16.5. The topological polar surface area (TPSA) is 35.9 Å². The summed E-state index contributed by atoms with van der Waals surface area (Å²) in [7, 11) is 0. The summed E-state index contributed by atoms with van der Waals surface area (Å²) in [5.41, 5.74) is 0. The Kier molecular flexibility index (Phi) is 4.38. The number of piperazine rings is 1. The fraction of sp³-hybridized carbons (Fsp3) is 1.00. The summed E-state index contributed by atoms with van der Waals surface area (Å²) in [4.78, 5) is 4.94. The highest BCUT2D eigenvalue weighted by molar-refractivity contribution is 4.79. The summed E-state index contributed by atoms with van der Waals surface area (Å²) < 4.78 is 5.38. The van der Waals surface area contributed by atoms with Gasteiger partial charge in [-0.25, -0.2) is 0 Å². The van der Waals surface area contributed by atoms with Crippen molar-refractivity contribution < 1.29 is 9.84 Å². The Bertz CT molecular complexity index is 175. The van der Waals surface area contributed by atoms with E-state index in [-0.39, 0.29) is 6.61 Å². The van der Waals surface area contributed by atoms with Crippen molar-refractivity contribution >= 4 is 0 Å². The van der Waals surface area contributed by atoms with Crippen LogP contribution in [0.4, 0.5) is 0 Å². The van der Waals surface area contributed by atoms with Gasteiger partial charge in [-0.05, 0) is 12.8 Å². The van der Waals surface area contributed by atoms with Gasteiger partial charge in [-0.15, -0.1) is 0 Å². The second-order valence-corrected chi connectivity index (χ2v) is 4.44. The Hall–Kier alpha value is -0.160. The molecule has 4 nitrogen and oxygen atoms in total. The monoisotopic (exact) mass is 214 g/mol. The van der Waals surface area contributed by atoms with Gasteiger partial charge < -0.3 is 9.84 Å². The van der Waals surface area contributed by atoms with E-state index in [1.165, 1.54) is 12.8 Å². The average molecular weight is 214 g/mol. The molecule has 0 atom stereocenters. The molecule has 2 aliphatic rings. The van der Waals surface area contributed by atoms with E-state index in [4.69, 9.17) is 9.84 Å². The van der Waals surface area contributed by atoms with Crippen LogP contribution in [0, 0.1) is 0 Å². The van der Waals surface area contributed by atoms with Gasteiger partial charge >= 0.3 is 0 Å². The van der Waals surface area contributed by atoms with E-state index in [1.54, 1.807) is 0 Å². The standard InChI is InChI=1S/C11H22N2O2/c14-8-7-12-3-5-13(6-4-12)11-1-9-15-10-2-11/h11,14H,1-10H2. The molecule has 0 unspecified atom stereocenters. The molecule has 2 saturated heterocycles. The van der Waals surface area contributed by atoms with Gasteiger partial charge in [0.15, 0.2) is 0 Å². The van der Waals surface area contributed by atoms with Gasteiger partial charge in [0.25, 0.3) is 0 Å². The lowest BCUT2D eigenvalue weighted by Gasteiger charge is -2.40. The summed E-state index contributed by atoms with van der Waals surface area (Å²) in [6.45, 7) is 7.52. The Morgan fingerprint density at radius 1 is 1.07 bits per heavy atom. The van der Waals surface area contributed by atoms with E-state index in [0.29, 0.717) is 0 Å². The Morgan fingerprint density at radius 3 is 2.33 bits per heavy atom. The Labute approximate surface area is 91.8 Å². The summed E-state index contributed by atoms with van der Waals surface area (Å²) in [6.07, 6.45) is 2.39. The Morgan fingerprint density at radius 2 is 1.73 bits per heavy atom. The second kappa shape index (κ2) is 5.80. The van der Waals surface area contributed by atoms with Crippen LogP contribution < -0.4 is 0 Å². The molecule has 0 aromatic heterocycles. The van der Waals surface area contributed by atoms with Crippen molar-refractivity contribution in [2.75, 3.05) is 52.5 Å². The van der Waals surface area contributed by atoms with Crippen molar-refractivity contribution in [2.24, 2.45) is 0 Å². The number of aliphatic hydroxyl groups excluding tert-OH is 1. The molecule has 0 amide bonds. The molecule has 0 aromatic carbocycles. The lowest BCUT2D eigenvalue weighted by atomic mass is 10.1. The number of rotatable bonds is 3. The predicted molar refractivity (Wildman–Crippen MR) is 58.9 cm³/mol. The summed E-state index contributed by atoms with van der Waals surface area (Å²) in [5.74, 6) is 0. The van der Waals surface area contributed by atoms with Gasteiger partial charge in [0, 0.05) is 52.0 Å². The minimum absolute atomic E-state index is 0.289. The third kappa shape index (κ3) is 3.14. The molecular weight excluding hydrogens is 192 g/mol. The average Bonchev–Trinajstić information content (AvgIpc) is 2.32. The molecule has 88 valence electrons. The molecule has 0 spiro atoms. The molecular formula is C11H22N2O2. The fourth-order valence-corrected chi connectivity index (χ4v) is 2.54. The van der Waals surface area contributed by atoms with E-state index in [1.807, 2.05) is 0 Å². The molecule has 2 heterocycles. The number of ether oxygens (including phenoxy) is 1. The van der Waals surface area contributed by atoms with E-state index < -0.39 is 0 Å². The van der Waals surface area contributed by atoms with Gasteiger partial charge in [0.2, 0.25) is 0 Å². The maximum absolute atomic E-state index is 8.86. The fourth-order valence-electron chi connectivity index (χ4n) is 2.54. The largest absolute Gasteiger partial charge is 0.395 e. The first-order chi connectivity index (χ1) is 7.40. The summed E-state index contributed by atoms with van der Waals surface area (Å²) in [5, 5.41) is 8.86. The smallest absolute Gasteiger partial charge is 0.0558 e. The van der Waals surface area contributed by atoms with Crippen LogP contribution in [-0.4, -0.2) is 73.5 Å². The molecule has 0 bridgehead atoms. The van der Waals surface area contributed by atoms with Crippen LogP contribution in [0.2, 0.25) is 0 Å². The van der Waals surface area contributed by atoms with Crippen molar-refractivity contribution in [1.29, 1.82) is 0 Å². The van der Waals surface area contributed by atoms with Crippen molar-refractivity contribution in [1.82, 2.24) is 9.80 Å². The van der Waals surface area contributed by atoms with Crippen LogP contribution in [0.15, 0.2) is 0 Å². The van der Waals surface area contributed by atoms with Gasteiger partial charge in [-0.3, -0.25) is 9.80 Å². The molecule has 2 rings (SSSR count). The zero-order valence-electron chi connectivity index (χ0n) is 9.40. The minimum atomic E-state index is 0.289. The van der Waals surface area contributed by atoms with E-state index in [0.717, 1.165) is 52.0 Å². The van der Waals surface area contributed by atoms with Crippen LogP contribution >= 0.6 is 0 Å². The van der Waals surface area contributed by atoms with Crippen LogP contribution in [-0.2, 0) is 4.74 Å². The molecule has 15 heavy (non-hydrogen) atoms. The molecule has 4 heteroatoms. The zero-order valence-corrected chi connectivity index (χ0v) is 9.40. The number of hydrogen-bond donors (Lipinski definition) is 1. The minimum Gasteiger partial charge on any atom is -0.395 e. The van der Waals surface area contributed by atoms with Crippen molar-refractivity contribution in [2.45, 2.75) is 18.9 Å². The van der Waals surface area contributed by atoms with Crippen molar-refractivity contribution in [3.8, 4) is 0 Å². The van der Waals surface area contributed by atoms with Crippen LogP contribution in [0.3, 0.4) is 0 Å². The zero-order chi connectivity index (χ0) is 10.5. The van der Waals surface area contributed by atoms with Crippen molar-refractivity contribution in [3.63, 3.8) is 0 Å². The summed E-state index contributed by atoms with van der Waals surface area (Å²) >= 11 is 0. The maximum atomic E-state index is 8.86. The van der Waals surface area contributed by atoms with Gasteiger partial charge in [0.1, 0.15) is 0 Å². The quantitative estimate of drug-likeness (QED) is 0.704. The third-order valence-electron chi connectivity index (χ3n) is 3.53. The Balaban J connectivity index is 1.72. The first kappa shape index (κ1) is 11.3. The second-order valence-electron chi connectivity index (χ2n) is 4.44. The molecule has 0 saturated carbocycles. The molecule has 0 aliphatic carbocycles.